The molecular formula is C13H15N3OS. The predicted molar refractivity (Wildman–Crippen MR) is 72.7 cm³/mol. The Morgan fingerprint density at radius 2 is 2.22 bits per heavy atom. The summed E-state index contributed by atoms with van der Waals surface area (Å²) < 4.78 is 14.0. The van der Waals surface area contributed by atoms with Crippen LogP contribution in [0.25, 0.3) is 11.4 Å². The van der Waals surface area contributed by atoms with Crippen LogP contribution in [0, 0.1) is 0 Å². The number of hydrogen-bond donors (Lipinski definition) is 0. The minimum Gasteiger partial charge on any atom is -0.471 e. The zero-order valence-electron chi connectivity index (χ0n) is 10.2. The Labute approximate surface area is 111 Å². The Morgan fingerprint density at radius 3 is 3.00 bits per heavy atom. The summed E-state index contributed by atoms with van der Waals surface area (Å²) >= 11 is 1.14. The summed E-state index contributed by atoms with van der Waals surface area (Å²) in [5, 5.41) is 0. The first-order chi connectivity index (χ1) is 8.92. The number of nitrogens with zero attached hydrogens (tertiary/aromatic N) is 3. The van der Waals surface area contributed by atoms with Crippen LogP contribution in [0.1, 0.15) is 19.8 Å². The predicted octanol–water partition coefficient (Wildman–Crippen LogP) is 3.34. The van der Waals surface area contributed by atoms with Crippen LogP contribution < -0.4 is 4.74 Å². The van der Waals surface area contributed by atoms with Crippen molar-refractivity contribution in [2.45, 2.75) is 19.8 Å². The van der Waals surface area contributed by atoms with Gasteiger partial charge >= 0.3 is 0 Å². The SMILES string of the molecule is CCC/C=C/COc1nsnc1-c1ccccn1. The topological polar surface area (TPSA) is 47.9 Å². The van der Waals surface area contributed by atoms with Crippen LogP contribution in [0.2, 0.25) is 0 Å². The van der Waals surface area contributed by atoms with E-state index in [0.29, 0.717) is 18.2 Å². The third kappa shape index (κ3) is 3.37. The van der Waals surface area contributed by atoms with Crippen molar-refractivity contribution in [1.82, 2.24) is 13.7 Å². The van der Waals surface area contributed by atoms with Gasteiger partial charge in [0.2, 0.25) is 0 Å². The molecule has 0 fully saturated rings. The van der Waals surface area contributed by atoms with Crippen LogP contribution in [-0.4, -0.2) is 20.3 Å². The van der Waals surface area contributed by atoms with Gasteiger partial charge in [-0.05, 0) is 18.6 Å². The summed E-state index contributed by atoms with van der Waals surface area (Å²) in [5.41, 5.74) is 1.50. The second-order valence-corrected chi connectivity index (χ2v) is 4.23. The van der Waals surface area contributed by atoms with Gasteiger partial charge in [0.1, 0.15) is 6.61 Å². The average Bonchev–Trinajstić information content (AvgIpc) is 2.88. The molecule has 94 valence electrons. The van der Waals surface area contributed by atoms with Crippen molar-refractivity contribution in [2.24, 2.45) is 0 Å². The van der Waals surface area contributed by atoms with E-state index in [-0.39, 0.29) is 0 Å². The van der Waals surface area contributed by atoms with E-state index in [1.165, 1.54) is 0 Å². The first-order valence-electron chi connectivity index (χ1n) is 5.93. The number of aromatic nitrogens is 3. The molecule has 2 heterocycles. The molecule has 0 spiro atoms. The molecule has 2 aromatic heterocycles. The molecular weight excluding hydrogens is 246 g/mol. The maximum Gasteiger partial charge on any atom is 0.255 e. The van der Waals surface area contributed by atoms with E-state index in [1.54, 1.807) is 6.20 Å². The Bertz CT molecular complexity index is 496. The Morgan fingerprint density at radius 1 is 1.28 bits per heavy atom. The van der Waals surface area contributed by atoms with Gasteiger partial charge in [0.25, 0.3) is 5.88 Å². The van der Waals surface area contributed by atoms with Crippen molar-refractivity contribution < 1.29 is 4.74 Å². The summed E-state index contributed by atoms with van der Waals surface area (Å²) in [7, 11) is 0. The first-order valence-corrected chi connectivity index (χ1v) is 6.66. The molecule has 2 rings (SSSR count). The van der Waals surface area contributed by atoms with E-state index < -0.39 is 0 Å². The molecule has 0 aliphatic rings. The summed E-state index contributed by atoms with van der Waals surface area (Å²) in [6.45, 7) is 2.67. The number of allylic oxidation sites excluding steroid dienone is 1. The zero-order valence-corrected chi connectivity index (χ0v) is 11.1. The van der Waals surface area contributed by atoms with Gasteiger partial charge in [0.05, 0.1) is 17.4 Å². The zero-order chi connectivity index (χ0) is 12.6. The highest BCUT2D eigenvalue weighted by atomic mass is 32.1. The summed E-state index contributed by atoms with van der Waals surface area (Å²) in [6.07, 6.45) is 8.07. The van der Waals surface area contributed by atoms with Gasteiger partial charge in [0, 0.05) is 6.20 Å². The van der Waals surface area contributed by atoms with Crippen molar-refractivity contribution in [3.8, 4) is 17.3 Å². The van der Waals surface area contributed by atoms with E-state index in [0.717, 1.165) is 30.3 Å². The minimum atomic E-state index is 0.519. The van der Waals surface area contributed by atoms with Crippen molar-refractivity contribution >= 4 is 11.7 Å². The molecule has 5 heteroatoms. The van der Waals surface area contributed by atoms with Crippen LogP contribution in [0.5, 0.6) is 5.88 Å². The van der Waals surface area contributed by atoms with Crippen LogP contribution in [-0.2, 0) is 0 Å². The highest BCUT2D eigenvalue weighted by Crippen LogP contribution is 2.25. The van der Waals surface area contributed by atoms with Crippen LogP contribution in [0.4, 0.5) is 0 Å². The van der Waals surface area contributed by atoms with E-state index in [4.69, 9.17) is 4.74 Å². The fraction of sp³-hybridized carbons (Fsp3) is 0.308. The first kappa shape index (κ1) is 12.7. The Hall–Kier alpha value is -1.75. The monoisotopic (exact) mass is 261 g/mol. The fourth-order valence-electron chi connectivity index (χ4n) is 1.41. The number of rotatable bonds is 6. The molecule has 0 unspecified atom stereocenters. The van der Waals surface area contributed by atoms with Gasteiger partial charge in [-0.1, -0.05) is 31.6 Å². The molecule has 0 radical (unpaired) electrons. The molecule has 0 saturated carbocycles. The van der Waals surface area contributed by atoms with E-state index in [1.807, 2.05) is 24.3 Å². The molecule has 4 nitrogen and oxygen atoms in total. The van der Waals surface area contributed by atoms with E-state index in [9.17, 15) is 0 Å². The Balaban J connectivity index is 2.00. The van der Waals surface area contributed by atoms with Gasteiger partial charge < -0.3 is 4.74 Å². The lowest BCUT2D eigenvalue weighted by Crippen LogP contribution is -1.96. The molecule has 0 bridgehead atoms. The maximum absolute atomic E-state index is 5.59. The largest absolute Gasteiger partial charge is 0.471 e. The van der Waals surface area contributed by atoms with Gasteiger partial charge in [-0.3, -0.25) is 4.98 Å². The maximum atomic E-state index is 5.59. The molecule has 0 atom stereocenters. The summed E-state index contributed by atoms with van der Waals surface area (Å²) in [4.78, 5) is 4.25. The highest BCUT2D eigenvalue weighted by molar-refractivity contribution is 6.99. The molecule has 0 aliphatic carbocycles. The quantitative estimate of drug-likeness (QED) is 0.748. The summed E-state index contributed by atoms with van der Waals surface area (Å²) in [5.74, 6) is 0.555. The van der Waals surface area contributed by atoms with E-state index in [2.05, 4.69) is 26.7 Å². The molecule has 18 heavy (non-hydrogen) atoms. The minimum absolute atomic E-state index is 0.519. The lowest BCUT2D eigenvalue weighted by Gasteiger charge is -2.01. The number of ether oxygens (including phenoxy) is 1. The molecule has 0 saturated heterocycles. The standard InChI is InChI=1S/C13H15N3OS/c1-2-3-4-7-10-17-13-12(15-18-16-13)11-8-5-6-9-14-11/h4-9H,2-3,10H2,1H3/b7-4+. The highest BCUT2D eigenvalue weighted by Gasteiger charge is 2.11. The summed E-state index contributed by atoms with van der Waals surface area (Å²) in [6, 6.07) is 5.69. The lowest BCUT2D eigenvalue weighted by atomic mass is 10.3. The Kier molecular flexibility index (Phi) is 4.84. The van der Waals surface area contributed by atoms with Gasteiger partial charge in [-0.25, -0.2) is 0 Å². The smallest absolute Gasteiger partial charge is 0.255 e. The van der Waals surface area contributed by atoms with Crippen molar-refractivity contribution in [3.63, 3.8) is 0 Å². The molecule has 0 N–H and O–H groups in total. The van der Waals surface area contributed by atoms with Gasteiger partial charge in [-0.15, -0.1) is 4.37 Å². The van der Waals surface area contributed by atoms with Crippen LogP contribution >= 0.6 is 11.7 Å². The fourth-order valence-corrected chi connectivity index (χ4v) is 1.92. The lowest BCUT2D eigenvalue weighted by molar-refractivity contribution is 0.353. The van der Waals surface area contributed by atoms with Crippen molar-refractivity contribution in [3.05, 3.63) is 36.5 Å². The molecule has 0 amide bonds. The van der Waals surface area contributed by atoms with Crippen molar-refractivity contribution in [1.29, 1.82) is 0 Å². The third-order valence-electron chi connectivity index (χ3n) is 2.30. The van der Waals surface area contributed by atoms with Crippen molar-refractivity contribution in [2.75, 3.05) is 6.61 Å². The normalized spacial score (nSPS) is 10.9. The molecule has 0 aromatic carbocycles. The second-order valence-electron chi connectivity index (χ2n) is 3.70. The van der Waals surface area contributed by atoms with E-state index >= 15 is 0 Å². The van der Waals surface area contributed by atoms with Crippen LogP contribution in [0.3, 0.4) is 0 Å². The van der Waals surface area contributed by atoms with Gasteiger partial charge in [0.15, 0.2) is 5.69 Å². The number of pyridine rings is 1. The van der Waals surface area contributed by atoms with Crippen LogP contribution in [0.15, 0.2) is 36.5 Å². The third-order valence-corrected chi connectivity index (χ3v) is 2.82. The second kappa shape index (κ2) is 6.86. The van der Waals surface area contributed by atoms with Gasteiger partial charge in [-0.2, -0.15) is 4.37 Å². The number of unbranched alkanes of at least 4 members (excludes halogenated alkanes) is 1. The molecule has 0 aliphatic heterocycles. The average molecular weight is 261 g/mol. The molecule has 2 aromatic rings. The number of hydrogen-bond acceptors (Lipinski definition) is 5.